The number of amides is 1. The van der Waals surface area contributed by atoms with Crippen LogP contribution in [0.5, 0.6) is 0 Å². The Labute approximate surface area is 187 Å². The first-order chi connectivity index (χ1) is 15.3. The standard InChI is InChI=1S/C24H27FN2O4S/c1-32(29,30)26-22-19(27(15-24(22)11-12-24)23(28)20-10-13-31-20)14-17-8-5-9-18(21(17)25)16-6-3-2-4-7-16/h2-9,19-20,22,26H,10-15H2,1H3/t19?,20-,22?/m0/s1. The number of nitrogens with zero attached hydrogens (tertiary/aromatic N) is 1. The summed E-state index contributed by atoms with van der Waals surface area (Å²) in [5.41, 5.74) is 1.47. The van der Waals surface area contributed by atoms with E-state index in [-0.39, 0.29) is 23.6 Å². The number of hydrogen-bond acceptors (Lipinski definition) is 4. The van der Waals surface area contributed by atoms with E-state index in [1.165, 1.54) is 0 Å². The molecular formula is C24H27FN2O4S. The largest absolute Gasteiger partial charge is 0.368 e. The van der Waals surface area contributed by atoms with E-state index >= 15 is 4.39 Å². The minimum atomic E-state index is -3.50. The first-order valence-corrected chi connectivity index (χ1v) is 12.9. The fourth-order valence-corrected chi connectivity index (χ4v) is 5.96. The molecule has 1 saturated carbocycles. The quantitative estimate of drug-likeness (QED) is 0.722. The smallest absolute Gasteiger partial charge is 0.252 e. The van der Waals surface area contributed by atoms with Gasteiger partial charge in [-0.15, -0.1) is 0 Å². The van der Waals surface area contributed by atoms with Crippen molar-refractivity contribution >= 4 is 15.9 Å². The van der Waals surface area contributed by atoms with E-state index in [0.717, 1.165) is 24.7 Å². The zero-order valence-electron chi connectivity index (χ0n) is 18.0. The normalized spacial score (nSPS) is 26.2. The lowest BCUT2D eigenvalue weighted by atomic mass is 9.91. The average molecular weight is 459 g/mol. The number of halogens is 1. The molecule has 2 aromatic carbocycles. The van der Waals surface area contributed by atoms with Crippen LogP contribution in [-0.2, 0) is 26.0 Å². The number of hydrogen-bond donors (Lipinski definition) is 1. The Morgan fingerprint density at radius 3 is 2.50 bits per heavy atom. The molecule has 3 atom stereocenters. The molecule has 0 bridgehead atoms. The lowest BCUT2D eigenvalue weighted by Crippen LogP contribution is -2.53. The third-order valence-electron chi connectivity index (χ3n) is 7.01. The first-order valence-electron chi connectivity index (χ1n) is 11.0. The molecule has 8 heteroatoms. The maximum Gasteiger partial charge on any atom is 0.252 e. The van der Waals surface area contributed by atoms with Crippen molar-refractivity contribution in [2.45, 2.75) is 43.9 Å². The monoisotopic (exact) mass is 458 g/mol. The highest BCUT2D eigenvalue weighted by molar-refractivity contribution is 7.88. The van der Waals surface area contributed by atoms with Crippen LogP contribution in [0.15, 0.2) is 48.5 Å². The maximum atomic E-state index is 15.6. The van der Waals surface area contributed by atoms with Crippen molar-refractivity contribution in [2.24, 2.45) is 5.41 Å². The van der Waals surface area contributed by atoms with Gasteiger partial charge in [-0.1, -0.05) is 48.5 Å². The van der Waals surface area contributed by atoms with Crippen molar-refractivity contribution in [1.29, 1.82) is 0 Å². The number of nitrogens with one attached hydrogen (secondary N) is 1. The molecule has 1 aliphatic carbocycles. The maximum absolute atomic E-state index is 15.6. The minimum Gasteiger partial charge on any atom is -0.368 e. The lowest BCUT2D eigenvalue weighted by molar-refractivity contribution is -0.157. The van der Waals surface area contributed by atoms with Crippen LogP contribution in [0.25, 0.3) is 11.1 Å². The van der Waals surface area contributed by atoms with Crippen molar-refractivity contribution in [3.05, 3.63) is 59.9 Å². The molecule has 0 radical (unpaired) electrons. The Hall–Kier alpha value is -2.29. The summed E-state index contributed by atoms with van der Waals surface area (Å²) in [7, 11) is -3.50. The first kappa shape index (κ1) is 21.6. The van der Waals surface area contributed by atoms with Crippen LogP contribution in [0.3, 0.4) is 0 Å². The molecule has 3 fully saturated rings. The molecule has 1 spiro atoms. The summed E-state index contributed by atoms with van der Waals surface area (Å²) in [6, 6.07) is 13.7. The number of ether oxygens (including phenoxy) is 1. The molecule has 3 aliphatic rings. The molecule has 1 N–H and O–H groups in total. The highest BCUT2D eigenvalue weighted by atomic mass is 32.2. The van der Waals surface area contributed by atoms with Gasteiger partial charge in [-0.2, -0.15) is 0 Å². The number of sulfonamides is 1. The second kappa shape index (κ2) is 7.93. The van der Waals surface area contributed by atoms with Crippen LogP contribution in [0.1, 0.15) is 24.8 Å². The molecule has 170 valence electrons. The topological polar surface area (TPSA) is 75.7 Å². The highest BCUT2D eigenvalue weighted by Gasteiger charge is 2.61. The van der Waals surface area contributed by atoms with Gasteiger partial charge in [-0.25, -0.2) is 17.5 Å². The summed E-state index contributed by atoms with van der Waals surface area (Å²) >= 11 is 0. The van der Waals surface area contributed by atoms with Gasteiger partial charge in [0.15, 0.2) is 0 Å². The highest BCUT2D eigenvalue weighted by Crippen LogP contribution is 2.56. The molecule has 2 aromatic rings. The van der Waals surface area contributed by atoms with Gasteiger partial charge in [0.2, 0.25) is 10.0 Å². The van der Waals surface area contributed by atoms with E-state index in [2.05, 4.69) is 4.72 Å². The number of carbonyl (C=O) groups excluding carboxylic acids is 1. The van der Waals surface area contributed by atoms with Crippen LogP contribution in [-0.4, -0.2) is 56.8 Å². The van der Waals surface area contributed by atoms with Gasteiger partial charge in [-0.3, -0.25) is 4.79 Å². The van der Waals surface area contributed by atoms with Crippen molar-refractivity contribution in [1.82, 2.24) is 9.62 Å². The summed E-state index contributed by atoms with van der Waals surface area (Å²) in [4.78, 5) is 14.9. The third-order valence-corrected chi connectivity index (χ3v) is 7.70. The molecule has 0 aromatic heterocycles. The number of likely N-dealkylation sites (tertiary alicyclic amines) is 1. The average Bonchev–Trinajstić information content (AvgIpc) is 3.43. The molecule has 6 nitrogen and oxygen atoms in total. The summed E-state index contributed by atoms with van der Waals surface area (Å²) < 4.78 is 48.1. The molecule has 2 saturated heterocycles. The van der Waals surface area contributed by atoms with Crippen LogP contribution in [0.4, 0.5) is 4.39 Å². The van der Waals surface area contributed by atoms with E-state index in [4.69, 9.17) is 4.74 Å². The van der Waals surface area contributed by atoms with Crippen LogP contribution < -0.4 is 4.72 Å². The van der Waals surface area contributed by atoms with Crippen molar-refractivity contribution in [3.8, 4) is 11.1 Å². The zero-order chi connectivity index (χ0) is 22.5. The van der Waals surface area contributed by atoms with Gasteiger partial charge in [0.25, 0.3) is 5.91 Å². The number of carbonyl (C=O) groups is 1. The van der Waals surface area contributed by atoms with Crippen molar-refractivity contribution in [2.75, 3.05) is 19.4 Å². The predicted octanol–water partition coefficient (Wildman–Crippen LogP) is 2.73. The molecule has 5 rings (SSSR count). The second-order valence-corrected chi connectivity index (χ2v) is 11.0. The van der Waals surface area contributed by atoms with Gasteiger partial charge in [0.05, 0.1) is 18.9 Å². The summed E-state index contributed by atoms with van der Waals surface area (Å²) in [6.07, 6.45) is 3.25. The summed E-state index contributed by atoms with van der Waals surface area (Å²) in [6.45, 7) is 1.03. The van der Waals surface area contributed by atoms with E-state index in [0.29, 0.717) is 30.7 Å². The zero-order valence-corrected chi connectivity index (χ0v) is 18.8. The second-order valence-electron chi connectivity index (χ2n) is 9.26. The van der Waals surface area contributed by atoms with Gasteiger partial charge >= 0.3 is 0 Å². The molecule has 2 aliphatic heterocycles. The van der Waals surface area contributed by atoms with Crippen LogP contribution >= 0.6 is 0 Å². The predicted molar refractivity (Wildman–Crippen MR) is 119 cm³/mol. The van der Waals surface area contributed by atoms with Crippen molar-refractivity contribution in [3.63, 3.8) is 0 Å². The molecule has 1 amide bonds. The van der Waals surface area contributed by atoms with E-state index < -0.39 is 28.2 Å². The van der Waals surface area contributed by atoms with Gasteiger partial charge in [0.1, 0.15) is 11.9 Å². The van der Waals surface area contributed by atoms with Crippen molar-refractivity contribution < 1.29 is 22.3 Å². The fourth-order valence-electron chi connectivity index (χ4n) is 5.09. The Morgan fingerprint density at radius 2 is 1.91 bits per heavy atom. The number of benzene rings is 2. The Morgan fingerprint density at radius 1 is 1.19 bits per heavy atom. The summed E-state index contributed by atoms with van der Waals surface area (Å²) in [5.74, 6) is -0.453. The molecule has 2 unspecified atom stereocenters. The SMILES string of the molecule is CS(=O)(=O)NC1C(Cc2cccc(-c3ccccc3)c2F)N(C(=O)[C@@H]2CCO2)CC12CC2. The third kappa shape index (κ3) is 3.95. The van der Waals surface area contributed by atoms with Gasteiger partial charge < -0.3 is 9.64 Å². The Balaban J connectivity index is 1.50. The minimum absolute atomic E-state index is 0.120. The molecular weight excluding hydrogens is 431 g/mol. The van der Waals surface area contributed by atoms with Crippen LogP contribution in [0, 0.1) is 11.2 Å². The van der Waals surface area contributed by atoms with Gasteiger partial charge in [0, 0.05) is 30.0 Å². The Kier molecular flexibility index (Phi) is 5.34. The molecule has 2 heterocycles. The summed E-state index contributed by atoms with van der Waals surface area (Å²) in [5, 5.41) is 0. The fraction of sp³-hybridized carbons (Fsp3) is 0.458. The lowest BCUT2D eigenvalue weighted by Gasteiger charge is -2.34. The number of rotatable bonds is 6. The van der Waals surface area contributed by atoms with E-state index in [1.54, 1.807) is 17.0 Å². The van der Waals surface area contributed by atoms with E-state index in [9.17, 15) is 13.2 Å². The Bertz CT molecular complexity index is 1130. The van der Waals surface area contributed by atoms with Crippen LogP contribution in [0.2, 0.25) is 0 Å². The molecule has 32 heavy (non-hydrogen) atoms. The van der Waals surface area contributed by atoms with E-state index in [1.807, 2.05) is 36.4 Å². The van der Waals surface area contributed by atoms with Gasteiger partial charge in [-0.05, 0) is 30.4 Å².